The highest BCUT2D eigenvalue weighted by Gasteiger charge is 2.31. The van der Waals surface area contributed by atoms with Gasteiger partial charge >= 0.3 is 0 Å². The van der Waals surface area contributed by atoms with E-state index in [1.807, 2.05) is 0 Å². The van der Waals surface area contributed by atoms with Crippen LogP contribution in [0.25, 0.3) is 43.9 Å². The molecule has 8 aromatic carbocycles. The van der Waals surface area contributed by atoms with Crippen LogP contribution < -0.4 is 0 Å². The minimum absolute atomic E-state index is 0.0241. The van der Waals surface area contributed by atoms with Gasteiger partial charge in [0.25, 0.3) is 0 Å². The second-order valence-corrected chi connectivity index (χ2v) is 27.2. The van der Waals surface area contributed by atoms with Crippen molar-refractivity contribution >= 4 is 194 Å². The zero-order valence-electron chi connectivity index (χ0n) is 55.3. The lowest BCUT2D eigenvalue weighted by molar-refractivity contribution is 0.102. The van der Waals surface area contributed by atoms with Gasteiger partial charge in [0.2, 0.25) is 0 Å². The number of phenolic OH excluding ortho intramolecular Hbond substituents is 4. The molecule has 0 fully saturated rings. The van der Waals surface area contributed by atoms with Gasteiger partial charge in [-0.25, -0.2) is 17.6 Å². The van der Waals surface area contributed by atoms with Crippen LogP contribution in [0.15, 0.2) is 181 Å². The van der Waals surface area contributed by atoms with E-state index in [0.717, 1.165) is 6.07 Å². The van der Waals surface area contributed by atoms with Gasteiger partial charge in [-0.3, -0.25) is 19.2 Å². The Morgan fingerprint density at radius 1 is 0.379 bits per heavy atom. The van der Waals surface area contributed by atoms with Crippen molar-refractivity contribution in [1.29, 1.82) is 0 Å². The normalized spacial score (nSPS) is 13.6. The number of hydrogen-bond donors (Lipinski definition) is 7. The summed E-state index contributed by atoms with van der Waals surface area (Å²) in [5.41, 5.74) is 0.344. The van der Waals surface area contributed by atoms with Gasteiger partial charge in [-0.1, -0.05) is 18.1 Å². The number of aromatic hydroxyl groups is 4. The van der Waals surface area contributed by atoms with Crippen LogP contribution in [0.3, 0.4) is 0 Å². The van der Waals surface area contributed by atoms with Crippen LogP contribution in [0.2, 0.25) is 0 Å². The summed E-state index contributed by atoms with van der Waals surface area (Å²) in [5.74, 6) is -5.39. The number of ketones is 4. The van der Waals surface area contributed by atoms with E-state index < -0.39 is 107 Å². The second-order valence-electron chi connectivity index (χ2n) is 20.4. The predicted molar refractivity (Wildman–Crippen MR) is 374 cm³/mol. The molecule has 12 rings (SSSR count). The smallest absolute Gasteiger partial charge is 0.197 e. The molecule has 0 amide bonds. The molecule has 4 atom stereocenters. The highest BCUT2D eigenvalue weighted by atomic mass is 79.9. The van der Waals surface area contributed by atoms with E-state index in [4.69, 9.17) is 27.3 Å². The third-order valence-corrected chi connectivity index (χ3v) is 18.5. The summed E-state index contributed by atoms with van der Waals surface area (Å²) in [6.45, 7) is 5.40. The zero-order valence-corrected chi connectivity index (χ0v) is 61.0. The molecule has 0 aliphatic carbocycles. The van der Waals surface area contributed by atoms with Gasteiger partial charge < -0.3 is 53.4 Å². The van der Waals surface area contributed by atoms with Crippen molar-refractivity contribution in [2.75, 3.05) is 0 Å². The molecule has 0 aliphatic heterocycles. The van der Waals surface area contributed by atoms with E-state index in [2.05, 4.69) is 127 Å². The van der Waals surface area contributed by atoms with E-state index in [1.165, 1.54) is 107 Å². The van der Waals surface area contributed by atoms with Crippen molar-refractivity contribution in [3.63, 3.8) is 0 Å². The van der Waals surface area contributed by atoms with E-state index in [9.17, 15) is 72.5 Å². The fraction of sp³-hybridized carbons (Fsp3) is 0.118. The number of carbonyl (C=O) groups is 4. The molecular formula is C68H44Br8F4O15. The summed E-state index contributed by atoms with van der Waals surface area (Å²) in [6.07, 6.45) is -5.08. The van der Waals surface area contributed by atoms with E-state index >= 15 is 0 Å². The summed E-state index contributed by atoms with van der Waals surface area (Å²) in [5, 5.41) is 69.3. The highest BCUT2D eigenvalue weighted by Crippen LogP contribution is 2.43. The Labute approximate surface area is 612 Å². The Balaban J connectivity index is 0.000000158. The maximum absolute atomic E-state index is 14.2. The van der Waals surface area contributed by atoms with Crippen LogP contribution in [-0.2, 0) is 0 Å². The second kappa shape index (κ2) is 29.9. The fourth-order valence-corrected chi connectivity index (χ4v) is 14.1. The monoisotopic (exact) mass is 1810 g/mol. The number of halogens is 12. The molecule has 27 heteroatoms. The van der Waals surface area contributed by atoms with Crippen molar-refractivity contribution in [3.05, 3.63) is 248 Å². The van der Waals surface area contributed by atoms with Gasteiger partial charge in [0, 0.05) is 43.8 Å². The molecule has 4 aromatic heterocycles. The van der Waals surface area contributed by atoms with Crippen molar-refractivity contribution in [2.24, 2.45) is 0 Å². The average molecular weight is 1820 g/mol. The Bertz CT molecular complexity index is 5060. The summed E-state index contributed by atoms with van der Waals surface area (Å²) in [7, 11) is 0. The van der Waals surface area contributed by atoms with Gasteiger partial charge in [-0.05, 0) is 264 Å². The van der Waals surface area contributed by atoms with Crippen molar-refractivity contribution in [2.45, 2.75) is 52.2 Å². The molecule has 0 saturated carbocycles. The lowest BCUT2D eigenvalue weighted by atomic mass is 9.98. The number of rotatable bonds is 12. The van der Waals surface area contributed by atoms with Gasteiger partial charge in [0.15, 0.2) is 29.3 Å². The maximum atomic E-state index is 14.2. The first-order chi connectivity index (χ1) is 47.7. The molecule has 0 saturated heterocycles. The number of alkyl halides is 1. The number of phenols is 4. The number of carbonyl (C=O) groups excluding carboxylic acids is 4. The Kier molecular flexibility index (Phi) is 19.8. The summed E-state index contributed by atoms with van der Waals surface area (Å²) >= 11 is 25.2. The third kappa shape index (κ3) is 15.3. The third-order valence-electron chi connectivity index (χ3n) is 13.7. The molecule has 12 aromatic rings. The first-order valence-corrected chi connectivity index (χ1v) is 33.3. The summed E-state index contributed by atoms with van der Waals surface area (Å²) in [4.78, 5) is 52.1. The summed E-state index contributed by atoms with van der Waals surface area (Å²) in [6, 6.07) is 14.6. The van der Waals surface area contributed by atoms with Crippen LogP contribution in [0.5, 0.6) is 23.0 Å². The highest BCUT2D eigenvalue weighted by molar-refractivity contribution is 9.12. The topological polar surface area (TPSA) is 262 Å². The van der Waals surface area contributed by atoms with Gasteiger partial charge in [-0.15, -0.1) is 0 Å². The molecule has 0 bridgehead atoms. The number of para-hydroxylation sites is 1. The largest absolute Gasteiger partial charge is 0.506 e. The number of fused-ring (bicyclic) bond motifs is 4. The minimum atomic E-state index is -1.54. The fourth-order valence-electron chi connectivity index (χ4n) is 9.37. The first-order valence-electron chi connectivity index (χ1n) is 30.5. The molecule has 4 unspecified atom stereocenters. The molecule has 490 valence electrons. The molecule has 4 heterocycles. The van der Waals surface area contributed by atoms with Crippen LogP contribution in [0.4, 0.5) is 17.6 Å². The molecule has 7 N–H and O–H groups in total. The predicted octanol–water partition coefficient (Wildman–Crippen LogP) is 21.2. The van der Waals surface area contributed by atoms with E-state index in [0.29, 0.717) is 23.5 Å². The Hall–Kier alpha value is -6.76. The van der Waals surface area contributed by atoms with Crippen LogP contribution in [-0.4, -0.2) is 58.9 Å². The molecular weight excluding hydrogens is 1770 g/mol. The van der Waals surface area contributed by atoms with Gasteiger partial charge in [0.1, 0.15) is 104 Å². The van der Waals surface area contributed by atoms with Crippen LogP contribution in [0.1, 0.15) is 149 Å². The lowest BCUT2D eigenvalue weighted by Crippen LogP contribution is -2.06. The number of aliphatic hydroxyl groups excluding tert-OH is 3. The van der Waals surface area contributed by atoms with Gasteiger partial charge in [-0.2, -0.15) is 0 Å². The molecule has 15 nitrogen and oxygen atoms in total. The lowest BCUT2D eigenvalue weighted by Gasteiger charge is -2.07. The minimum Gasteiger partial charge on any atom is -0.506 e. The van der Waals surface area contributed by atoms with Crippen molar-refractivity contribution in [1.82, 2.24) is 0 Å². The van der Waals surface area contributed by atoms with Crippen molar-refractivity contribution < 1.29 is 99.7 Å². The molecule has 0 aliphatic rings. The SMILES string of the molecule is CC(F)c1oc2ccc(F)cc2c1C(=O)c1cc(Br)c(O)c(Br)c1.CC(O)c1oc2ccc(F)cc2c1C(=O)c1cc(Br)c(O)c(Br)c1.[2H]c1c(F)c([2H])c2c(C(=O)c3cc(Br)c(O)c(Br)c3)c(C(C)O)oc2c1[2H].[2H]c1c([2H])c([2H])c2c(C(=O)c3cc(Br)c(O)c(Br)c3)c(C(C)O)oc2c1[2H]. The molecule has 0 spiro atoms. The molecule has 0 radical (unpaired) electrons. The standard InChI is InChI=1S/C17H10Br2F2O3.2C17H11Br2FO4.C17H12Br2O4/c1-7(20)17-14(10-6-9(21)2-3-13(10)24-17)15(22)8-4-11(18)16(23)12(19)5-8;2*1-7(21)17-14(10-6-9(20)2-3-13(10)24-17)15(22)8-4-11(18)16(23)12(19)5-8;1-8(20)17-14(10-4-2-3-5-13(10)23-17)15(21)9-6-11(18)16(22)12(19)7-9/h2-7,23H,1H3;2*2-7,21,23H,1H3;2-8,20,22H,1H3/i;2D,3D,6D;;2D,3D,4D,5D. The first kappa shape index (κ1) is 63.0. The quantitative estimate of drug-likeness (QED) is 0.0443. The Morgan fingerprint density at radius 3 is 1.00 bits per heavy atom. The van der Waals surface area contributed by atoms with E-state index in [-0.39, 0.29) is 147 Å². The molecule has 95 heavy (non-hydrogen) atoms. The van der Waals surface area contributed by atoms with E-state index in [1.54, 1.807) is 0 Å². The number of benzene rings is 8. The van der Waals surface area contributed by atoms with Gasteiger partial charge in [0.05, 0.1) is 67.6 Å². The number of furan rings is 4. The maximum Gasteiger partial charge on any atom is 0.197 e. The number of aliphatic hydroxyl groups is 3. The Morgan fingerprint density at radius 2 is 0.663 bits per heavy atom. The van der Waals surface area contributed by atoms with Crippen LogP contribution in [0, 0.1) is 17.5 Å². The van der Waals surface area contributed by atoms with Crippen LogP contribution >= 0.6 is 127 Å². The summed E-state index contributed by atoms with van der Waals surface area (Å²) < 4.78 is 135. The van der Waals surface area contributed by atoms with Crippen molar-refractivity contribution in [3.8, 4) is 23.0 Å². The zero-order chi connectivity index (χ0) is 75.6. The number of hydrogen-bond acceptors (Lipinski definition) is 15. The average Bonchev–Trinajstić information content (AvgIpc) is 1.59.